The summed E-state index contributed by atoms with van der Waals surface area (Å²) in [5, 5.41) is 6.05. The van der Waals surface area contributed by atoms with E-state index >= 15 is 0 Å². The molecule has 4 rings (SSSR count). The lowest BCUT2D eigenvalue weighted by Crippen LogP contribution is -2.48. The van der Waals surface area contributed by atoms with Crippen LogP contribution in [0.2, 0.25) is 0 Å². The lowest BCUT2D eigenvalue weighted by atomic mass is 10.0. The van der Waals surface area contributed by atoms with E-state index in [-0.39, 0.29) is 17.7 Å². The first-order chi connectivity index (χ1) is 15.0. The van der Waals surface area contributed by atoms with Crippen LogP contribution in [0.4, 0.5) is 10.6 Å². The molecule has 0 saturated carbocycles. The lowest BCUT2D eigenvalue weighted by molar-refractivity contribution is 0.203. The van der Waals surface area contributed by atoms with Crippen molar-refractivity contribution in [2.75, 3.05) is 52.8 Å². The van der Waals surface area contributed by atoms with Gasteiger partial charge >= 0.3 is 6.03 Å². The van der Waals surface area contributed by atoms with E-state index in [9.17, 15) is 4.79 Å². The Morgan fingerprint density at radius 2 is 1.74 bits per heavy atom. The van der Waals surface area contributed by atoms with Crippen molar-refractivity contribution in [1.82, 2.24) is 20.2 Å². The van der Waals surface area contributed by atoms with Gasteiger partial charge < -0.3 is 28.8 Å². The summed E-state index contributed by atoms with van der Waals surface area (Å²) in [5.74, 6) is 2.31. The highest BCUT2D eigenvalue weighted by Crippen LogP contribution is 2.38. The predicted molar refractivity (Wildman–Crippen MR) is 115 cm³/mol. The number of nitrogens with one attached hydrogen (secondary N) is 2. The average molecular weight is 427 g/mol. The molecular formula is C21H25N5O5. The van der Waals surface area contributed by atoms with Crippen molar-refractivity contribution in [2.45, 2.75) is 6.92 Å². The third kappa shape index (κ3) is 4.06. The molecule has 10 nitrogen and oxygen atoms in total. The van der Waals surface area contributed by atoms with Crippen molar-refractivity contribution in [3.05, 3.63) is 24.0 Å². The van der Waals surface area contributed by atoms with Crippen LogP contribution in [0, 0.1) is 6.92 Å². The van der Waals surface area contributed by atoms with Crippen LogP contribution < -0.4 is 24.8 Å². The molecule has 10 heteroatoms. The number of hydrogen-bond acceptors (Lipinski definition) is 8. The van der Waals surface area contributed by atoms with Gasteiger partial charge in [-0.15, -0.1) is 0 Å². The molecule has 164 valence electrons. The summed E-state index contributed by atoms with van der Waals surface area (Å²) in [6, 6.07) is 5.27. The summed E-state index contributed by atoms with van der Waals surface area (Å²) in [7, 11) is 4.65. The maximum atomic E-state index is 12.7. The smallest absolute Gasteiger partial charge is 0.323 e. The van der Waals surface area contributed by atoms with Gasteiger partial charge in [0.25, 0.3) is 5.88 Å². The average Bonchev–Trinajstić information content (AvgIpc) is 3.13. The lowest BCUT2D eigenvalue weighted by Gasteiger charge is -2.27. The van der Waals surface area contributed by atoms with Crippen molar-refractivity contribution >= 4 is 23.1 Å². The van der Waals surface area contributed by atoms with Gasteiger partial charge in [0.1, 0.15) is 22.8 Å². The van der Waals surface area contributed by atoms with Crippen LogP contribution in [-0.2, 0) is 0 Å². The second kappa shape index (κ2) is 8.68. The number of urea groups is 1. The molecule has 0 radical (unpaired) electrons. The Hall–Kier alpha value is -3.53. The van der Waals surface area contributed by atoms with E-state index in [0.717, 1.165) is 24.2 Å². The van der Waals surface area contributed by atoms with Crippen LogP contribution in [0.5, 0.6) is 17.4 Å². The molecule has 0 aliphatic carbocycles. The highest BCUT2D eigenvalue weighted by Gasteiger charge is 2.23. The predicted octanol–water partition coefficient (Wildman–Crippen LogP) is 2.66. The van der Waals surface area contributed by atoms with E-state index in [0.29, 0.717) is 41.6 Å². The number of nitrogens with zero attached hydrogens (tertiary/aromatic N) is 3. The summed E-state index contributed by atoms with van der Waals surface area (Å²) in [6.07, 6.45) is 0. The number of furan rings is 1. The summed E-state index contributed by atoms with van der Waals surface area (Å²) in [4.78, 5) is 23.5. The van der Waals surface area contributed by atoms with Crippen molar-refractivity contribution in [1.29, 1.82) is 0 Å². The molecule has 31 heavy (non-hydrogen) atoms. The Morgan fingerprint density at radius 1 is 1.06 bits per heavy atom. The fourth-order valence-electron chi connectivity index (χ4n) is 3.57. The van der Waals surface area contributed by atoms with Crippen LogP contribution in [-0.4, -0.2) is 68.4 Å². The molecule has 1 aliphatic rings. The fourth-order valence-corrected chi connectivity index (χ4v) is 3.57. The number of rotatable bonds is 5. The van der Waals surface area contributed by atoms with Crippen LogP contribution in [0.1, 0.15) is 5.76 Å². The third-order valence-electron chi connectivity index (χ3n) is 5.13. The first kappa shape index (κ1) is 20.7. The number of anilines is 1. The Labute approximate surface area is 179 Å². The van der Waals surface area contributed by atoms with E-state index in [1.807, 2.05) is 19.1 Å². The number of carbonyl (C=O) groups is 1. The van der Waals surface area contributed by atoms with Crippen LogP contribution in [0.15, 0.2) is 22.6 Å². The van der Waals surface area contributed by atoms with Gasteiger partial charge in [-0.05, 0) is 24.6 Å². The standard InChI is InChI=1S/C21H25N5O5/c1-12-16(13-9-14(28-2)11-15(10-13)29-3)17-19(31-12)25-20(30-4)18(23-17)24-21(27)26-7-5-22-6-8-26/h9-11,22H,5-8H2,1-4H3,(H,23,24,27). The topological polar surface area (TPSA) is 111 Å². The van der Waals surface area contributed by atoms with E-state index < -0.39 is 0 Å². The molecule has 1 aromatic carbocycles. The van der Waals surface area contributed by atoms with Gasteiger partial charge in [-0.1, -0.05) is 0 Å². The number of aryl methyl sites for hydroxylation is 1. The molecular weight excluding hydrogens is 402 g/mol. The summed E-state index contributed by atoms with van der Waals surface area (Å²) in [6.45, 7) is 4.55. The Morgan fingerprint density at radius 3 is 2.35 bits per heavy atom. The maximum absolute atomic E-state index is 12.7. The SMILES string of the molecule is COc1cc(OC)cc(-c2c(C)oc3nc(OC)c(NC(=O)N4CCNCC4)nc23)c1. The number of aromatic nitrogens is 2. The summed E-state index contributed by atoms with van der Waals surface area (Å²) in [5.41, 5.74) is 2.35. The number of piperazine rings is 1. The van der Waals surface area contributed by atoms with Crippen molar-refractivity contribution in [3.8, 4) is 28.5 Å². The van der Waals surface area contributed by atoms with E-state index in [2.05, 4.69) is 20.6 Å². The molecule has 2 aromatic heterocycles. The zero-order valence-corrected chi connectivity index (χ0v) is 17.9. The molecule has 1 fully saturated rings. The van der Waals surface area contributed by atoms with Gasteiger partial charge in [0.05, 0.1) is 26.9 Å². The van der Waals surface area contributed by atoms with Gasteiger partial charge in [0.15, 0.2) is 5.82 Å². The molecule has 0 spiro atoms. The Bertz CT molecular complexity index is 1080. The summed E-state index contributed by atoms with van der Waals surface area (Å²) < 4.78 is 22.0. The van der Waals surface area contributed by atoms with Crippen LogP contribution >= 0.6 is 0 Å². The van der Waals surface area contributed by atoms with E-state index in [4.69, 9.17) is 18.6 Å². The van der Waals surface area contributed by atoms with Crippen LogP contribution in [0.25, 0.3) is 22.4 Å². The highest BCUT2D eigenvalue weighted by atomic mass is 16.5. The molecule has 0 bridgehead atoms. The minimum absolute atomic E-state index is 0.180. The molecule has 1 saturated heterocycles. The molecule has 0 unspecified atom stereocenters. The van der Waals surface area contributed by atoms with Crippen molar-refractivity contribution in [2.24, 2.45) is 0 Å². The number of methoxy groups -OCH3 is 3. The first-order valence-electron chi connectivity index (χ1n) is 9.89. The van der Waals surface area contributed by atoms with Gasteiger partial charge in [-0.3, -0.25) is 5.32 Å². The van der Waals surface area contributed by atoms with Gasteiger partial charge in [0, 0.05) is 32.2 Å². The number of amides is 2. The van der Waals surface area contributed by atoms with Crippen molar-refractivity contribution in [3.63, 3.8) is 0 Å². The van der Waals surface area contributed by atoms with Gasteiger partial charge in [0.2, 0.25) is 5.71 Å². The first-order valence-corrected chi connectivity index (χ1v) is 9.89. The summed E-state index contributed by atoms with van der Waals surface area (Å²) >= 11 is 0. The Kier molecular flexibility index (Phi) is 5.81. The number of carbonyl (C=O) groups excluding carboxylic acids is 1. The van der Waals surface area contributed by atoms with Crippen molar-refractivity contribution < 1.29 is 23.4 Å². The molecule has 3 heterocycles. The molecule has 2 amide bonds. The minimum atomic E-state index is -0.252. The number of ether oxygens (including phenoxy) is 3. The van der Waals surface area contributed by atoms with Crippen LogP contribution in [0.3, 0.4) is 0 Å². The second-order valence-electron chi connectivity index (χ2n) is 7.04. The minimum Gasteiger partial charge on any atom is -0.497 e. The quantitative estimate of drug-likeness (QED) is 0.639. The number of benzene rings is 1. The normalized spacial score (nSPS) is 13.9. The maximum Gasteiger partial charge on any atom is 0.323 e. The van der Waals surface area contributed by atoms with Gasteiger partial charge in [-0.25, -0.2) is 9.78 Å². The monoisotopic (exact) mass is 427 g/mol. The van der Waals surface area contributed by atoms with Gasteiger partial charge in [-0.2, -0.15) is 4.98 Å². The fraction of sp³-hybridized carbons (Fsp3) is 0.381. The third-order valence-corrected chi connectivity index (χ3v) is 5.13. The zero-order chi connectivity index (χ0) is 22.0. The van der Waals surface area contributed by atoms with E-state index in [1.54, 1.807) is 25.2 Å². The second-order valence-corrected chi connectivity index (χ2v) is 7.04. The zero-order valence-electron chi connectivity index (χ0n) is 17.9. The number of hydrogen-bond donors (Lipinski definition) is 2. The molecule has 2 N–H and O–H groups in total. The largest absolute Gasteiger partial charge is 0.497 e. The highest BCUT2D eigenvalue weighted by molar-refractivity contribution is 5.95. The molecule has 1 aliphatic heterocycles. The number of fused-ring (bicyclic) bond motifs is 1. The Balaban J connectivity index is 1.78. The van der Waals surface area contributed by atoms with E-state index in [1.165, 1.54) is 7.11 Å². The molecule has 0 atom stereocenters. The molecule has 3 aromatic rings.